The number of hydrogen-bond acceptors (Lipinski definition) is 3. The summed E-state index contributed by atoms with van der Waals surface area (Å²) in [5, 5.41) is 3.30. The highest BCUT2D eigenvalue weighted by Crippen LogP contribution is 2.22. The maximum Gasteiger partial charge on any atom is 0.0392 e. The summed E-state index contributed by atoms with van der Waals surface area (Å²) < 4.78 is 1.16. The molecule has 18 heavy (non-hydrogen) atoms. The van der Waals surface area contributed by atoms with E-state index in [0.29, 0.717) is 6.04 Å². The molecule has 0 spiro atoms. The van der Waals surface area contributed by atoms with Crippen LogP contribution in [0.25, 0.3) is 0 Å². The van der Waals surface area contributed by atoms with Crippen molar-refractivity contribution >= 4 is 21.6 Å². The normalized spacial score (nSPS) is 21.9. The molecule has 0 bridgehead atoms. The van der Waals surface area contributed by atoms with Crippen molar-refractivity contribution in [1.29, 1.82) is 0 Å². The highest BCUT2D eigenvalue weighted by Gasteiger charge is 2.21. The molecule has 1 saturated heterocycles. The second-order valence-corrected chi connectivity index (χ2v) is 5.89. The molecule has 1 unspecified atom stereocenters. The summed E-state index contributed by atoms with van der Waals surface area (Å²) in [6.45, 7) is 4.45. The third-order valence-electron chi connectivity index (χ3n) is 3.61. The summed E-state index contributed by atoms with van der Waals surface area (Å²) in [5.74, 6) is 0. The molecule has 1 N–H and O–H groups in total. The average Bonchev–Trinajstić information content (AvgIpc) is 2.53. The smallest absolute Gasteiger partial charge is 0.0392 e. The van der Waals surface area contributed by atoms with E-state index in [1.807, 2.05) is 7.05 Å². The predicted molar refractivity (Wildman–Crippen MR) is 81.3 cm³/mol. The number of hydrogen-bond donors (Lipinski definition) is 1. The number of halogens is 1. The Kier molecular flexibility index (Phi) is 5.03. The van der Waals surface area contributed by atoms with Crippen molar-refractivity contribution in [2.75, 3.05) is 45.2 Å². The summed E-state index contributed by atoms with van der Waals surface area (Å²) in [6.07, 6.45) is 1.23. The van der Waals surface area contributed by atoms with E-state index in [1.54, 1.807) is 0 Å². The van der Waals surface area contributed by atoms with E-state index in [2.05, 4.69) is 62.4 Å². The number of nitrogens with one attached hydrogen (secondary N) is 1. The minimum atomic E-state index is 0.580. The molecule has 0 radical (unpaired) electrons. The van der Waals surface area contributed by atoms with Crippen LogP contribution in [0.4, 0.5) is 5.69 Å². The molecule has 1 aliphatic rings. The number of likely N-dealkylation sites (N-methyl/N-ethyl adjacent to an activating group) is 2. The van der Waals surface area contributed by atoms with Crippen LogP contribution in [0.5, 0.6) is 0 Å². The van der Waals surface area contributed by atoms with Crippen molar-refractivity contribution in [3.05, 3.63) is 28.7 Å². The standard InChI is InChI=1S/C14H22BrN3/c1-16-10-14-11-18(8-4-7-17(14)2)13-6-3-5-12(15)9-13/h3,5-6,9,14,16H,4,7-8,10-11H2,1-2H3. The van der Waals surface area contributed by atoms with Crippen molar-refractivity contribution in [3.8, 4) is 0 Å². The highest BCUT2D eigenvalue weighted by atomic mass is 79.9. The Bertz CT molecular complexity index is 383. The van der Waals surface area contributed by atoms with Gasteiger partial charge in [0.2, 0.25) is 0 Å². The summed E-state index contributed by atoms with van der Waals surface area (Å²) >= 11 is 3.56. The van der Waals surface area contributed by atoms with Crippen LogP contribution in [0, 0.1) is 0 Å². The molecule has 100 valence electrons. The second kappa shape index (κ2) is 6.55. The highest BCUT2D eigenvalue weighted by molar-refractivity contribution is 9.10. The number of nitrogens with zero attached hydrogens (tertiary/aromatic N) is 2. The van der Waals surface area contributed by atoms with Crippen LogP contribution in [-0.4, -0.2) is 51.2 Å². The summed E-state index contributed by atoms with van der Waals surface area (Å²) in [4.78, 5) is 4.96. The zero-order valence-corrected chi connectivity index (χ0v) is 12.8. The van der Waals surface area contributed by atoms with Crippen molar-refractivity contribution in [1.82, 2.24) is 10.2 Å². The first-order valence-electron chi connectivity index (χ1n) is 6.56. The van der Waals surface area contributed by atoms with E-state index in [-0.39, 0.29) is 0 Å². The molecule has 2 rings (SSSR count). The molecular formula is C14H22BrN3. The van der Waals surface area contributed by atoms with Gasteiger partial charge in [0.1, 0.15) is 0 Å². The molecule has 0 amide bonds. The zero-order valence-electron chi connectivity index (χ0n) is 11.2. The molecule has 1 aliphatic heterocycles. The Balaban J connectivity index is 2.12. The molecular weight excluding hydrogens is 290 g/mol. The minimum Gasteiger partial charge on any atom is -0.370 e. The molecule has 0 aromatic heterocycles. The molecule has 1 aromatic carbocycles. The molecule has 0 saturated carbocycles. The number of anilines is 1. The third kappa shape index (κ3) is 3.46. The van der Waals surface area contributed by atoms with Crippen molar-refractivity contribution in [3.63, 3.8) is 0 Å². The average molecular weight is 312 g/mol. The van der Waals surface area contributed by atoms with Gasteiger partial charge in [-0.1, -0.05) is 22.0 Å². The van der Waals surface area contributed by atoms with Gasteiger partial charge in [-0.15, -0.1) is 0 Å². The molecule has 1 fully saturated rings. The quantitative estimate of drug-likeness (QED) is 0.923. The molecule has 1 atom stereocenters. The van der Waals surface area contributed by atoms with Crippen LogP contribution in [0.3, 0.4) is 0 Å². The van der Waals surface area contributed by atoms with Crippen LogP contribution >= 0.6 is 15.9 Å². The fraction of sp³-hybridized carbons (Fsp3) is 0.571. The van der Waals surface area contributed by atoms with Gasteiger partial charge in [-0.2, -0.15) is 0 Å². The summed E-state index contributed by atoms with van der Waals surface area (Å²) in [7, 11) is 4.26. The molecule has 3 nitrogen and oxygen atoms in total. The van der Waals surface area contributed by atoms with E-state index in [1.165, 1.54) is 18.7 Å². The van der Waals surface area contributed by atoms with Crippen LogP contribution in [-0.2, 0) is 0 Å². The Morgan fingerprint density at radius 3 is 2.94 bits per heavy atom. The molecule has 4 heteroatoms. The van der Waals surface area contributed by atoms with E-state index >= 15 is 0 Å². The Labute approximate surface area is 118 Å². The van der Waals surface area contributed by atoms with Gasteiger partial charge in [-0.3, -0.25) is 0 Å². The van der Waals surface area contributed by atoms with Gasteiger partial charge in [-0.05, 0) is 45.3 Å². The van der Waals surface area contributed by atoms with Crippen LogP contribution in [0.15, 0.2) is 28.7 Å². The maximum absolute atomic E-state index is 3.56. The molecule has 1 aromatic rings. The van der Waals surface area contributed by atoms with Crippen molar-refractivity contribution in [2.45, 2.75) is 12.5 Å². The van der Waals surface area contributed by atoms with Gasteiger partial charge in [0, 0.05) is 35.8 Å². The van der Waals surface area contributed by atoms with Gasteiger partial charge >= 0.3 is 0 Å². The second-order valence-electron chi connectivity index (χ2n) is 4.97. The number of rotatable bonds is 3. The van der Waals surface area contributed by atoms with Crippen LogP contribution in [0.1, 0.15) is 6.42 Å². The minimum absolute atomic E-state index is 0.580. The topological polar surface area (TPSA) is 18.5 Å². The lowest BCUT2D eigenvalue weighted by molar-refractivity contribution is 0.257. The van der Waals surface area contributed by atoms with E-state index in [0.717, 1.165) is 24.1 Å². The number of benzene rings is 1. The third-order valence-corrected chi connectivity index (χ3v) is 4.10. The lowest BCUT2D eigenvalue weighted by Gasteiger charge is -2.30. The van der Waals surface area contributed by atoms with Gasteiger partial charge < -0.3 is 15.1 Å². The van der Waals surface area contributed by atoms with Crippen molar-refractivity contribution < 1.29 is 0 Å². The van der Waals surface area contributed by atoms with Gasteiger partial charge in [0.15, 0.2) is 0 Å². The molecule has 0 aliphatic carbocycles. The fourth-order valence-electron chi connectivity index (χ4n) is 2.54. The Hall–Kier alpha value is -0.580. The first-order chi connectivity index (χ1) is 8.70. The first kappa shape index (κ1) is 13.8. The van der Waals surface area contributed by atoms with Gasteiger partial charge in [0.25, 0.3) is 0 Å². The van der Waals surface area contributed by atoms with Gasteiger partial charge in [-0.25, -0.2) is 0 Å². The van der Waals surface area contributed by atoms with Crippen LogP contribution < -0.4 is 10.2 Å². The Morgan fingerprint density at radius 2 is 2.22 bits per heavy atom. The van der Waals surface area contributed by atoms with E-state index < -0.39 is 0 Å². The predicted octanol–water partition coefficient (Wildman–Crippen LogP) is 2.18. The largest absolute Gasteiger partial charge is 0.370 e. The van der Waals surface area contributed by atoms with Crippen molar-refractivity contribution in [2.24, 2.45) is 0 Å². The maximum atomic E-state index is 3.56. The first-order valence-corrected chi connectivity index (χ1v) is 7.35. The Morgan fingerprint density at radius 1 is 1.39 bits per heavy atom. The summed E-state index contributed by atoms with van der Waals surface area (Å²) in [6, 6.07) is 9.19. The molecule has 1 heterocycles. The van der Waals surface area contributed by atoms with Gasteiger partial charge in [0.05, 0.1) is 0 Å². The summed E-state index contributed by atoms with van der Waals surface area (Å²) in [5.41, 5.74) is 1.32. The SMILES string of the molecule is CNCC1CN(c2cccc(Br)c2)CCCN1C. The lowest BCUT2D eigenvalue weighted by Crippen LogP contribution is -2.44. The fourth-order valence-corrected chi connectivity index (χ4v) is 2.93. The van der Waals surface area contributed by atoms with E-state index in [4.69, 9.17) is 0 Å². The lowest BCUT2D eigenvalue weighted by atomic mass is 10.2. The monoisotopic (exact) mass is 311 g/mol. The van der Waals surface area contributed by atoms with Crippen LogP contribution in [0.2, 0.25) is 0 Å². The zero-order chi connectivity index (χ0) is 13.0. The van der Waals surface area contributed by atoms with E-state index in [9.17, 15) is 0 Å².